The highest BCUT2D eigenvalue weighted by Gasteiger charge is 2.37. The Morgan fingerprint density at radius 2 is 2.38 bits per heavy atom. The first-order valence-electron chi connectivity index (χ1n) is 5.63. The van der Waals surface area contributed by atoms with Gasteiger partial charge in [0.05, 0.1) is 31.4 Å². The van der Waals surface area contributed by atoms with Gasteiger partial charge in [0.1, 0.15) is 5.75 Å². The maximum absolute atomic E-state index is 5.80. The third kappa shape index (κ3) is 2.18. The molecule has 1 saturated heterocycles. The number of pyridine rings is 1. The van der Waals surface area contributed by atoms with Gasteiger partial charge in [0, 0.05) is 18.3 Å². The second-order valence-electron chi connectivity index (χ2n) is 4.32. The van der Waals surface area contributed by atoms with Gasteiger partial charge in [-0.3, -0.25) is 4.98 Å². The zero-order valence-electron chi connectivity index (χ0n) is 9.61. The van der Waals surface area contributed by atoms with Gasteiger partial charge in [-0.05, 0) is 12.5 Å². The van der Waals surface area contributed by atoms with Crippen molar-refractivity contribution < 1.29 is 9.47 Å². The van der Waals surface area contributed by atoms with Crippen molar-refractivity contribution in [2.24, 2.45) is 11.1 Å². The van der Waals surface area contributed by atoms with Crippen LogP contribution in [0.2, 0.25) is 0 Å². The van der Waals surface area contributed by atoms with E-state index in [4.69, 9.17) is 15.2 Å². The van der Waals surface area contributed by atoms with E-state index >= 15 is 0 Å². The van der Waals surface area contributed by atoms with Gasteiger partial charge in [0.15, 0.2) is 0 Å². The van der Waals surface area contributed by atoms with Crippen LogP contribution in [-0.2, 0) is 11.3 Å². The van der Waals surface area contributed by atoms with Crippen molar-refractivity contribution in [1.29, 1.82) is 0 Å². The zero-order valence-corrected chi connectivity index (χ0v) is 9.61. The van der Waals surface area contributed by atoms with E-state index in [0.717, 1.165) is 30.9 Å². The van der Waals surface area contributed by atoms with Crippen LogP contribution in [0.5, 0.6) is 5.75 Å². The predicted octanol–water partition coefficient (Wildman–Crippen LogP) is 1.35. The van der Waals surface area contributed by atoms with Gasteiger partial charge >= 0.3 is 0 Å². The van der Waals surface area contributed by atoms with Crippen LogP contribution in [0.1, 0.15) is 18.9 Å². The SMILES string of the molecule is CCC1(COc2cnccc2CN)COC1. The molecule has 1 aliphatic heterocycles. The van der Waals surface area contributed by atoms with Crippen LogP contribution in [0, 0.1) is 5.41 Å². The standard InChI is InChI=1S/C12H18N2O2/c1-2-12(7-15-8-12)9-16-11-6-14-4-3-10(11)5-13/h3-4,6H,2,5,7-9,13H2,1H3. The Hall–Kier alpha value is -1.13. The fourth-order valence-corrected chi connectivity index (χ4v) is 1.72. The van der Waals surface area contributed by atoms with Crippen molar-refractivity contribution in [2.45, 2.75) is 19.9 Å². The van der Waals surface area contributed by atoms with Crippen LogP contribution in [0.4, 0.5) is 0 Å². The Morgan fingerprint density at radius 1 is 1.56 bits per heavy atom. The third-order valence-corrected chi connectivity index (χ3v) is 3.19. The smallest absolute Gasteiger partial charge is 0.142 e. The van der Waals surface area contributed by atoms with E-state index in [1.165, 1.54) is 0 Å². The molecule has 1 fully saturated rings. The van der Waals surface area contributed by atoms with Crippen LogP contribution < -0.4 is 10.5 Å². The van der Waals surface area contributed by atoms with E-state index in [2.05, 4.69) is 11.9 Å². The Morgan fingerprint density at radius 3 is 2.94 bits per heavy atom. The first-order valence-corrected chi connectivity index (χ1v) is 5.63. The van der Waals surface area contributed by atoms with Gasteiger partial charge < -0.3 is 15.2 Å². The molecule has 0 aliphatic carbocycles. The lowest BCUT2D eigenvalue weighted by Gasteiger charge is -2.40. The normalized spacial score (nSPS) is 17.9. The summed E-state index contributed by atoms with van der Waals surface area (Å²) in [6.07, 6.45) is 4.54. The maximum atomic E-state index is 5.80. The number of hydrogen-bond acceptors (Lipinski definition) is 4. The Balaban J connectivity index is 1.98. The monoisotopic (exact) mass is 222 g/mol. The molecule has 0 aromatic carbocycles. The molecule has 0 unspecified atom stereocenters. The molecule has 0 radical (unpaired) electrons. The molecular formula is C12H18N2O2. The lowest BCUT2D eigenvalue weighted by atomic mass is 9.84. The minimum Gasteiger partial charge on any atom is -0.491 e. The molecule has 1 aromatic rings. The van der Waals surface area contributed by atoms with Crippen molar-refractivity contribution in [1.82, 2.24) is 4.98 Å². The molecule has 4 nitrogen and oxygen atoms in total. The number of hydrogen-bond donors (Lipinski definition) is 1. The Kier molecular flexibility index (Phi) is 3.41. The summed E-state index contributed by atoms with van der Waals surface area (Å²) in [6, 6.07) is 1.89. The molecule has 2 heterocycles. The van der Waals surface area contributed by atoms with Gasteiger partial charge in [0.25, 0.3) is 0 Å². The van der Waals surface area contributed by atoms with Crippen LogP contribution in [-0.4, -0.2) is 24.8 Å². The van der Waals surface area contributed by atoms with E-state index in [0.29, 0.717) is 13.2 Å². The molecule has 1 aliphatic rings. The maximum Gasteiger partial charge on any atom is 0.142 e. The molecule has 0 spiro atoms. The van der Waals surface area contributed by atoms with Crippen molar-refractivity contribution in [3.05, 3.63) is 24.0 Å². The number of rotatable bonds is 5. The molecule has 2 N–H and O–H groups in total. The third-order valence-electron chi connectivity index (χ3n) is 3.19. The molecule has 16 heavy (non-hydrogen) atoms. The summed E-state index contributed by atoms with van der Waals surface area (Å²) in [5.41, 5.74) is 6.83. The average Bonchev–Trinajstić information content (AvgIpc) is 2.29. The quantitative estimate of drug-likeness (QED) is 0.817. The Labute approximate surface area is 95.8 Å². The van der Waals surface area contributed by atoms with E-state index in [1.54, 1.807) is 12.4 Å². The lowest BCUT2D eigenvalue weighted by molar-refractivity contribution is -0.133. The molecular weight excluding hydrogens is 204 g/mol. The molecule has 4 heteroatoms. The van der Waals surface area contributed by atoms with Crippen molar-refractivity contribution in [3.63, 3.8) is 0 Å². The highest BCUT2D eigenvalue weighted by molar-refractivity contribution is 5.29. The summed E-state index contributed by atoms with van der Waals surface area (Å²) in [6.45, 7) is 4.91. The summed E-state index contributed by atoms with van der Waals surface area (Å²) in [7, 11) is 0. The molecule has 1 aromatic heterocycles. The van der Waals surface area contributed by atoms with Crippen LogP contribution in [0.25, 0.3) is 0 Å². The minimum absolute atomic E-state index is 0.196. The van der Waals surface area contributed by atoms with Crippen LogP contribution in [0.15, 0.2) is 18.5 Å². The molecule has 2 rings (SSSR count). The van der Waals surface area contributed by atoms with Crippen molar-refractivity contribution >= 4 is 0 Å². The number of nitrogens with zero attached hydrogens (tertiary/aromatic N) is 1. The summed E-state index contributed by atoms with van der Waals surface area (Å²) >= 11 is 0. The second kappa shape index (κ2) is 4.80. The van der Waals surface area contributed by atoms with E-state index in [9.17, 15) is 0 Å². The first kappa shape index (κ1) is 11.4. The molecule has 88 valence electrons. The second-order valence-corrected chi connectivity index (χ2v) is 4.32. The van der Waals surface area contributed by atoms with Gasteiger partial charge in [0.2, 0.25) is 0 Å². The summed E-state index contributed by atoms with van der Waals surface area (Å²) in [4.78, 5) is 4.05. The molecule has 0 saturated carbocycles. The predicted molar refractivity (Wildman–Crippen MR) is 61.2 cm³/mol. The number of ether oxygens (including phenoxy) is 2. The lowest BCUT2D eigenvalue weighted by Crippen LogP contribution is -2.46. The highest BCUT2D eigenvalue weighted by Crippen LogP contribution is 2.32. The topological polar surface area (TPSA) is 57.4 Å². The van der Waals surface area contributed by atoms with Gasteiger partial charge in [-0.15, -0.1) is 0 Å². The molecule has 0 atom stereocenters. The summed E-state index contributed by atoms with van der Waals surface area (Å²) < 4.78 is 11.1. The summed E-state index contributed by atoms with van der Waals surface area (Å²) in [5.74, 6) is 0.796. The average molecular weight is 222 g/mol. The van der Waals surface area contributed by atoms with Crippen LogP contribution in [0.3, 0.4) is 0 Å². The fraction of sp³-hybridized carbons (Fsp3) is 0.583. The minimum atomic E-state index is 0.196. The fourth-order valence-electron chi connectivity index (χ4n) is 1.72. The summed E-state index contributed by atoms with van der Waals surface area (Å²) in [5, 5.41) is 0. The van der Waals surface area contributed by atoms with Gasteiger partial charge in [-0.1, -0.05) is 6.92 Å². The van der Waals surface area contributed by atoms with Crippen molar-refractivity contribution in [2.75, 3.05) is 19.8 Å². The Bertz CT molecular complexity index is 345. The van der Waals surface area contributed by atoms with Gasteiger partial charge in [-0.2, -0.15) is 0 Å². The van der Waals surface area contributed by atoms with E-state index < -0.39 is 0 Å². The van der Waals surface area contributed by atoms with Gasteiger partial charge in [-0.25, -0.2) is 0 Å². The largest absolute Gasteiger partial charge is 0.491 e. The molecule has 0 bridgehead atoms. The first-order chi connectivity index (χ1) is 7.79. The number of nitrogens with two attached hydrogens (primary N) is 1. The highest BCUT2D eigenvalue weighted by atomic mass is 16.5. The zero-order chi connectivity index (χ0) is 11.4. The number of aromatic nitrogens is 1. The molecule has 0 amide bonds. The van der Waals surface area contributed by atoms with Crippen LogP contribution >= 0.6 is 0 Å². The van der Waals surface area contributed by atoms with Crippen molar-refractivity contribution in [3.8, 4) is 5.75 Å². The van der Waals surface area contributed by atoms with E-state index in [1.807, 2.05) is 6.07 Å². The van der Waals surface area contributed by atoms with E-state index in [-0.39, 0.29) is 5.41 Å².